The zero-order valence-electron chi connectivity index (χ0n) is 18.9. The fourth-order valence-electron chi connectivity index (χ4n) is 4.06. The minimum absolute atomic E-state index is 0.196. The first-order valence-corrected chi connectivity index (χ1v) is 11.0. The number of hydrogen-bond acceptors (Lipinski definition) is 7. The second-order valence-corrected chi connectivity index (χ2v) is 8.26. The lowest BCUT2D eigenvalue weighted by Gasteiger charge is -2.14. The predicted molar refractivity (Wildman–Crippen MR) is 133 cm³/mol. The summed E-state index contributed by atoms with van der Waals surface area (Å²) in [5.74, 6) is 0.987. The highest BCUT2D eigenvalue weighted by molar-refractivity contribution is 5.97. The number of fused-ring (bicyclic) bond motifs is 2. The molecule has 9 heteroatoms. The van der Waals surface area contributed by atoms with Crippen molar-refractivity contribution in [3.63, 3.8) is 0 Å². The summed E-state index contributed by atoms with van der Waals surface area (Å²) in [6.45, 7) is 4.67. The fraction of sp³-hybridized carbons (Fsp3) is 0.160. The molecule has 9 nitrogen and oxygen atoms in total. The highest BCUT2D eigenvalue weighted by atomic mass is 16.1. The van der Waals surface area contributed by atoms with Gasteiger partial charge in [0.2, 0.25) is 18.3 Å². The largest absolute Gasteiger partial charge is 0.368 e. The van der Waals surface area contributed by atoms with Crippen LogP contribution in [0.2, 0.25) is 0 Å². The molecule has 0 bridgehead atoms. The van der Waals surface area contributed by atoms with E-state index in [1.807, 2.05) is 42.5 Å². The Labute approximate surface area is 196 Å². The Balaban J connectivity index is 1.52. The summed E-state index contributed by atoms with van der Waals surface area (Å²) in [5.41, 5.74) is 11.4. The number of aromatic nitrogens is 5. The number of pyridine rings is 1. The normalized spacial score (nSPS) is 11.3. The molecule has 1 amide bonds. The van der Waals surface area contributed by atoms with Crippen LogP contribution >= 0.6 is 0 Å². The van der Waals surface area contributed by atoms with Gasteiger partial charge in [0, 0.05) is 34.9 Å². The number of amides is 1. The van der Waals surface area contributed by atoms with E-state index >= 15 is 0 Å². The van der Waals surface area contributed by atoms with Crippen molar-refractivity contribution < 1.29 is 4.79 Å². The molecule has 0 saturated carbocycles. The molecular weight excluding hydrogens is 428 g/mol. The van der Waals surface area contributed by atoms with Crippen LogP contribution in [0.3, 0.4) is 0 Å². The fourth-order valence-corrected chi connectivity index (χ4v) is 4.06. The topological polar surface area (TPSA) is 123 Å². The summed E-state index contributed by atoms with van der Waals surface area (Å²) >= 11 is 0. The van der Waals surface area contributed by atoms with E-state index in [1.54, 1.807) is 16.9 Å². The number of anilines is 3. The van der Waals surface area contributed by atoms with Crippen LogP contribution in [0.15, 0.2) is 60.9 Å². The Morgan fingerprint density at radius 2 is 1.97 bits per heavy atom. The number of nitrogens with two attached hydrogens (primary N) is 1. The SMILES string of the molecule is CC(C)c1cnn2c(NCc3ccccc3-c3nccc4cc(NC=O)ccc34)nc(N)nc12. The van der Waals surface area contributed by atoms with Crippen molar-refractivity contribution in [3.05, 3.63) is 72.1 Å². The first-order valence-electron chi connectivity index (χ1n) is 11.0. The average molecular weight is 453 g/mol. The number of hydrogen-bond donors (Lipinski definition) is 3. The molecule has 2 aromatic carbocycles. The Bertz CT molecular complexity index is 1510. The number of benzene rings is 2. The second-order valence-electron chi connectivity index (χ2n) is 8.26. The van der Waals surface area contributed by atoms with E-state index in [0.717, 1.165) is 38.8 Å². The van der Waals surface area contributed by atoms with E-state index in [1.165, 1.54) is 0 Å². The third kappa shape index (κ3) is 3.88. The van der Waals surface area contributed by atoms with E-state index < -0.39 is 0 Å². The van der Waals surface area contributed by atoms with Crippen molar-refractivity contribution in [2.45, 2.75) is 26.3 Å². The third-order valence-electron chi connectivity index (χ3n) is 5.73. The summed E-state index contributed by atoms with van der Waals surface area (Å²) in [4.78, 5) is 24.2. The molecule has 0 atom stereocenters. The Morgan fingerprint density at radius 1 is 1.12 bits per heavy atom. The summed E-state index contributed by atoms with van der Waals surface area (Å²) in [5, 5.41) is 12.5. The van der Waals surface area contributed by atoms with Crippen molar-refractivity contribution in [2.24, 2.45) is 0 Å². The first-order chi connectivity index (χ1) is 16.5. The summed E-state index contributed by atoms with van der Waals surface area (Å²) in [7, 11) is 0. The maximum Gasteiger partial charge on any atom is 0.229 e. The lowest BCUT2D eigenvalue weighted by atomic mass is 9.99. The quantitative estimate of drug-likeness (QED) is 0.316. The van der Waals surface area contributed by atoms with E-state index in [-0.39, 0.29) is 11.9 Å². The molecule has 0 spiro atoms. The minimum Gasteiger partial charge on any atom is -0.368 e. The van der Waals surface area contributed by atoms with Crippen LogP contribution < -0.4 is 16.4 Å². The van der Waals surface area contributed by atoms with Gasteiger partial charge in [-0.3, -0.25) is 9.78 Å². The van der Waals surface area contributed by atoms with E-state index in [2.05, 4.69) is 50.6 Å². The van der Waals surface area contributed by atoms with Gasteiger partial charge in [0.1, 0.15) is 0 Å². The maximum absolute atomic E-state index is 10.8. The van der Waals surface area contributed by atoms with Gasteiger partial charge in [0.25, 0.3) is 0 Å². The van der Waals surface area contributed by atoms with Gasteiger partial charge in [-0.05, 0) is 35.1 Å². The van der Waals surface area contributed by atoms with Gasteiger partial charge in [-0.2, -0.15) is 19.6 Å². The van der Waals surface area contributed by atoms with Crippen LogP contribution in [0.5, 0.6) is 0 Å². The summed E-state index contributed by atoms with van der Waals surface area (Å²) in [6, 6.07) is 15.8. The van der Waals surface area contributed by atoms with Crippen LogP contribution in [0.25, 0.3) is 27.7 Å². The van der Waals surface area contributed by atoms with Gasteiger partial charge in [-0.1, -0.05) is 44.2 Å². The summed E-state index contributed by atoms with van der Waals surface area (Å²) in [6.07, 6.45) is 4.25. The molecule has 0 unspecified atom stereocenters. The molecule has 170 valence electrons. The number of carbonyl (C=O) groups is 1. The van der Waals surface area contributed by atoms with Crippen LogP contribution in [0.4, 0.5) is 17.6 Å². The second kappa shape index (κ2) is 8.78. The molecule has 0 radical (unpaired) electrons. The minimum atomic E-state index is 0.196. The monoisotopic (exact) mass is 452 g/mol. The van der Waals surface area contributed by atoms with E-state index in [9.17, 15) is 4.79 Å². The maximum atomic E-state index is 10.8. The molecule has 0 aliphatic heterocycles. The molecule has 0 aliphatic rings. The Hall–Kier alpha value is -4.53. The number of rotatable bonds is 7. The zero-order valence-corrected chi connectivity index (χ0v) is 18.9. The Morgan fingerprint density at radius 3 is 2.79 bits per heavy atom. The van der Waals surface area contributed by atoms with Gasteiger partial charge in [-0.15, -0.1) is 0 Å². The summed E-state index contributed by atoms with van der Waals surface area (Å²) < 4.78 is 1.69. The number of nitrogen functional groups attached to an aromatic ring is 1. The molecule has 3 heterocycles. The molecule has 5 rings (SSSR count). The molecule has 0 saturated heterocycles. The number of nitrogens with zero attached hydrogens (tertiary/aromatic N) is 5. The zero-order chi connectivity index (χ0) is 23.7. The Kier molecular flexibility index (Phi) is 5.51. The van der Waals surface area contributed by atoms with Gasteiger partial charge >= 0.3 is 0 Å². The van der Waals surface area contributed by atoms with Crippen LogP contribution in [0, 0.1) is 0 Å². The average Bonchev–Trinajstić information content (AvgIpc) is 3.27. The number of nitrogens with one attached hydrogen (secondary N) is 2. The van der Waals surface area contributed by atoms with Gasteiger partial charge < -0.3 is 16.4 Å². The number of carbonyl (C=O) groups excluding carboxylic acids is 1. The molecule has 4 N–H and O–H groups in total. The van der Waals surface area contributed by atoms with Crippen molar-refractivity contribution in [1.82, 2.24) is 24.6 Å². The lowest BCUT2D eigenvalue weighted by molar-refractivity contribution is -0.105. The highest BCUT2D eigenvalue weighted by Gasteiger charge is 2.15. The molecule has 3 aromatic heterocycles. The first kappa shape index (κ1) is 21.3. The molecule has 0 aliphatic carbocycles. The van der Waals surface area contributed by atoms with Crippen molar-refractivity contribution in [2.75, 3.05) is 16.4 Å². The van der Waals surface area contributed by atoms with Gasteiger partial charge in [0.15, 0.2) is 5.65 Å². The smallest absolute Gasteiger partial charge is 0.229 e. The lowest BCUT2D eigenvalue weighted by Crippen LogP contribution is -2.11. The standard InChI is InChI=1S/C25H24N8O/c1-15(2)21-13-30-33-23(21)31-24(26)32-25(33)28-12-17-5-3-4-6-19(17)22-20-8-7-18(29-14-34)11-16(20)9-10-27-22/h3-11,13-15H,12H2,1-2H3,(H,29,34)(H3,26,28,31,32). The third-order valence-corrected chi connectivity index (χ3v) is 5.73. The van der Waals surface area contributed by atoms with E-state index in [4.69, 9.17) is 5.73 Å². The predicted octanol–water partition coefficient (Wildman–Crippen LogP) is 4.23. The van der Waals surface area contributed by atoms with Crippen molar-refractivity contribution >= 4 is 40.4 Å². The van der Waals surface area contributed by atoms with Crippen LogP contribution in [0.1, 0.15) is 30.9 Å². The molecule has 0 fully saturated rings. The highest BCUT2D eigenvalue weighted by Crippen LogP contribution is 2.31. The van der Waals surface area contributed by atoms with Crippen molar-refractivity contribution in [1.29, 1.82) is 0 Å². The van der Waals surface area contributed by atoms with Crippen LogP contribution in [-0.2, 0) is 11.3 Å². The van der Waals surface area contributed by atoms with Crippen LogP contribution in [-0.4, -0.2) is 31.0 Å². The molecular formula is C25H24N8O. The van der Waals surface area contributed by atoms with Gasteiger partial charge in [-0.25, -0.2) is 0 Å². The van der Waals surface area contributed by atoms with E-state index in [0.29, 0.717) is 24.6 Å². The van der Waals surface area contributed by atoms with Gasteiger partial charge in [0.05, 0.1) is 11.9 Å². The van der Waals surface area contributed by atoms with Crippen molar-refractivity contribution in [3.8, 4) is 11.3 Å². The molecule has 34 heavy (non-hydrogen) atoms. The molecule has 5 aromatic rings.